The van der Waals surface area contributed by atoms with E-state index in [1.807, 2.05) is 32.9 Å². The first-order chi connectivity index (χ1) is 8.38. The lowest BCUT2D eigenvalue weighted by Gasteiger charge is -2.22. The molecular formula is C14H16N2O2. The standard InChI is InChI=1S/C14H16N2O2/c1-14(2,3)16-12-11-9(7-8-15-12)5-4-6-10(11)13(17)18/h4-8H,1-3H3,(H,15,16)(H,17,18). The number of aromatic nitrogens is 1. The highest BCUT2D eigenvalue weighted by atomic mass is 16.4. The number of nitrogens with one attached hydrogen (secondary N) is 1. The Kier molecular flexibility index (Phi) is 2.95. The van der Waals surface area contributed by atoms with Gasteiger partial charge in [0, 0.05) is 17.1 Å². The Balaban J connectivity index is 2.70. The molecule has 2 aromatic rings. The molecule has 1 aromatic heterocycles. The van der Waals surface area contributed by atoms with Crippen LogP contribution in [0.5, 0.6) is 0 Å². The highest BCUT2D eigenvalue weighted by Crippen LogP contribution is 2.27. The van der Waals surface area contributed by atoms with Crippen molar-refractivity contribution in [2.24, 2.45) is 0 Å². The number of hydrogen-bond donors (Lipinski definition) is 2. The summed E-state index contributed by atoms with van der Waals surface area (Å²) in [6, 6.07) is 7.04. The maximum absolute atomic E-state index is 11.3. The van der Waals surface area contributed by atoms with Crippen molar-refractivity contribution in [2.75, 3.05) is 5.32 Å². The zero-order valence-electron chi connectivity index (χ0n) is 10.7. The summed E-state index contributed by atoms with van der Waals surface area (Å²) >= 11 is 0. The van der Waals surface area contributed by atoms with E-state index in [-0.39, 0.29) is 11.1 Å². The van der Waals surface area contributed by atoms with Crippen molar-refractivity contribution in [3.8, 4) is 0 Å². The molecule has 0 bridgehead atoms. The molecule has 0 saturated heterocycles. The fourth-order valence-electron chi connectivity index (χ4n) is 1.86. The van der Waals surface area contributed by atoms with Gasteiger partial charge in [-0.1, -0.05) is 12.1 Å². The molecule has 2 N–H and O–H groups in total. The van der Waals surface area contributed by atoms with E-state index >= 15 is 0 Å². The van der Waals surface area contributed by atoms with Crippen LogP contribution in [-0.4, -0.2) is 21.6 Å². The van der Waals surface area contributed by atoms with E-state index in [0.29, 0.717) is 11.2 Å². The molecule has 1 aromatic carbocycles. The lowest BCUT2D eigenvalue weighted by Crippen LogP contribution is -2.27. The molecule has 0 radical (unpaired) electrons. The number of anilines is 1. The molecule has 4 nitrogen and oxygen atoms in total. The number of rotatable bonds is 2. The largest absolute Gasteiger partial charge is 0.478 e. The van der Waals surface area contributed by atoms with E-state index in [1.54, 1.807) is 18.3 Å². The average Bonchev–Trinajstić information content (AvgIpc) is 2.26. The molecule has 1 heterocycles. The monoisotopic (exact) mass is 244 g/mol. The molecule has 0 aliphatic carbocycles. The maximum Gasteiger partial charge on any atom is 0.336 e. The molecule has 0 amide bonds. The molecule has 0 spiro atoms. The van der Waals surface area contributed by atoms with Crippen molar-refractivity contribution in [1.82, 2.24) is 4.98 Å². The Hall–Kier alpha value is -2.10. The van der Waals surface area contributed by atoms with Crippen LogP contribution in [0.25, 0.3) is 10.8 Å². The summed E-state index contributed by atoms with van der Waals surface area (Å²) in [6.45, 7) is 6.03. The quantitative estimate of drug-likeness (QED) is 0.851. The fourth-order valence-corrected chi connectivity index (χ4v) is 1.86. The zero-order valence-corrected chi connectivity index (χ0v) is 10.7. The summed E-state index contributed by atoms with van der Waals surface area (Å²) in [6.07, 6.45) is 1.68. The first-order valence-corrected chi connectivity index (χ1v) is 5.78. The number of benzene rings is 1. The van der Waals surface area contributed by atoms with Gasteiger partial charge in [-0.25, -0.2) is 9.78 Å². The van der Waals surface area contributed by atoms with Crippen LogP contribution in [0, 0.1) is 0 Å². The summed E-state index contributed by atoms with van der Waals surface area (Å²) in [5.41, 5.74) is 0.0970. The molecule has 18 heavy (non-hydrogen) atoms. The molecule has 94 valence electrons. The third-order valence-electron chi connectivity index (χ3n) is 2.52. The zero-order chi connectivity index (χ0) is 13.3. The van der Waals surface area contributed by atoms with E-state index in [0.717, 1.165) is 5.39 Å². The van der Waals surface area contributed by atoms with Gasteiger partial charge in [0.25, 0.3) is 0 Å². The minimum Gasteiger partial charge on any atom is -0.478 e. The molecule has 2 rings (SSSR count). The van der Waals surface area contributed by atoms with E-state index in [2.05, 4.69) is 10.3 Å². The van der Waals surface area contributed by atoms with Gasteiger partial charge in [0.2, 0.25) is 0 Å². The first kappa shape index (κ1) is 12.4. The molecule has 0 atom stereocenters. The Labute approximate surface area is 106 Å². The van der Waals surface area contributed by atoms with E-state index in [9.17, 15) is 9.90 Å². The second kappa shape index (κ2) is 4.29. The van der Waals surface area contributed by atoms with Gasteiger partial charge in [-0.15, -0.1) is 0 Å². The van der Waals surface area contributed by atoms with Crippen LogP contribution in [-0.2, 0) is 0 Å². The van der Waals surface area contributed by atoms with Crippen molar-refractivity contribution >= 4 is 22.6 Å². The van der Waals surface area contributed by atoms with Crippen LogP contribution in [0.1, 0.15) is 31.1 Å². The second-order valence-electron chi connectivity index (χ2n) is 5.24. The number of aromatic carboxylic acids is 1. The predicted molar refractivity (Wildman–Crippen MR) is 72.1 cm³/mol. The van der Waals surface area contributed by atoms with Gasteiger partial charge in [-0.05, 0) is 38.3 Å². The molecule has 4 heteroatoms. The maximum atomic E-state index is 11.3. The number of carbonyl (C=O) groups is 1. The van der Waals surface area contributed by atoms with Gasteiger partial charge in [0.15, 0.2) is 0 Å². The summed E-state index contributed by atoms with van der Waals surface area (Å²) in [5, 5.41) is 14.0. The normalized spacial score (nSPS) is 11.5. The van der Waals surface area contributed by atoms with Gasteiger partial charge in [-0.3, -0.25) is 0 Å². The van der Waals surface area contributed by atoms with Crippen molar-refractivity contribution in [3.05, 3.63) is 36.0 Å². The van der Waals surface area contributed by atoms with Gasteiger partial charge in [0.05, 0.1) is 5.56 Å². The Morgan fingerprint density at radius 3 is 2.61 bits per heavy atom. The summed E-state index contributed by atoms with van der Waals surface area (Å²) < 4.78 is 0. The molecule has 0 unspecified atom stereocenters. The second-order valence-corrected chi connectivity index (χ2v) is 5.24. The van der Waals surface area contributed by atoms with Crippen molar-refractivity contribution in [2.45, 2.75) is 26.3 Å². The van der Waals surface area contributed by atoms with Crippen LogP contribution in [0.3, 0.4) is 0 Å². The SMILES string of the molecule is CC(C)(C)Nc1nccc2cccc(C(=O)O)c12. The molecule has 0 saturated carbocycles. The molecule has 0 aliphatic rings. The third kappa shape index (κ3) is 2.42. The van der Waals surface area contributed by atoms with E-state index < -0.39 is 5.97 Å². The number of pyridine rings is 1. The molecule has 0 fully saturated rings. The summed E-state index contributed by atoms with van der Waals surface area (Å²) in [4.78, 5) is 15.5. The van der Waals surface area contributed by atoms with Gasteiger partial charge >= 0.3 is 5.97 Å². The topological polar surface area (TPSA) is 62.2 Å². The van der Waals surface area contributed by atoms with Crippen LogP contribution in [0.15, 0.2) is 30.5 Å². The predicted octanol–water partition coefficient (Wildman–Crippen LogP) is 3.14. The summed E-state index contributed by atoms with van der Waals surface area (Å²) in [5.74, 6) is -0.330. The van der Waals surface area contributed by atoms with Crippen molar-refractivity contribution in [1.29, 1.82) is 0 Å². The van der Waals surface area contributed by atoms with Crippen LogP contribution in [0.4, 0.5) is 5.82 Å². The van der Waals surface area contributed by atoms with Gasteiger partial charge < -0.3 is 10.4 Å². The van der Waals surface area contributed by atoms with Gasteiger partial charge in [0.1, 0.15) is 5.82 Å². The number of fused-ring (bicyclic) bond motifs is 1. The first-order valence-electron chi connectivity index (χ1n) is 5.78. The average molecular weight is 244 g/mol. The van der Waals surface area contributed by atoms with E-state index in [1.165, 1.54) is 0 Å². The van der Waals surface area contributed by atoms with Crippen molar-refractivity contribution in [3.63, 3.8) is 0 Å². The molecular weight excluding hydrogens is 228 g/mol. The highest BCUT2D eigenvalue weighted by molar-refractivity contribution is 6.08. The number of nitrogens with zero attached hydrogens (tertiary/aromatic N) is 1. The minimum absolute atomic E-state index is 0.174. The smallest absolute Gasteiger partial charge is 0.336 e. The van der Waals surface area contributed by atoms with E-state index in [4.69, 9.17) is 0 Å². The Morgan fingerprint density at radius 2 is 2.00 bits per heavy atom. The summed E-state index contributed by atoms with van der Waals surface area (Å²) in [7, 11) is 0. The Morgan fingerprint density at radius 1 is 1.28 bits per heavy atom. The van der Waals surface area contributed by atoms with Crippen molar-refractivity contribution < 1.29 is 9.90 Å². The number of carboxylic acid groups (broad SMARTS) is 1. The van der Waals surface area contributed by atoms with Crippen LogP contribution >= 0.6 is 0 Å². The third-order valence-corrected chi connectivity index (χ3v) is 2.52. The number of hydrogen-bond acceptors (Lipinski definition) is 3. The Bertz CT molecular complexity index is 595. The minimum atomic E-state index is -0.939. The lowest BCUT2D eigenvalue weighted by molar-refractivity contribution is 0.0699. The lowest BCUT2D eigenvalue weighted by atomic mass is 10.0. The van der Waals surface area contributed by atoms with Crippen LogP contribution < -0.4 is 5.32 Å². The van der Waals surface area contributed by atoms with Crippen LogP contribution in [0.2, 0.25) is 0 Å². The number of carboxylic acids is 1. The highest BCUT2D eigenvalue weighted by Gasteiger charge is 2.16. The molecule has 0 aliphatic heterocycles. The van der Waals surface area contributed by atoms with Gasteiger partial charge in [-0.2, -0.15) is 0 Å². The fraction of sp³-hybridized carbons (Fsp3) is 0.286.